The van der Waals surface area contributed by atoms with Gasteiger partial charge in [-0.15, -0.1) is 11.6 Å². The molecule has 1 rings (SSSR count). The quantitative estimate of drug-likeness (QED) is 0.492. The smallest absolute Gasteiger partial charge is 0.226 e. The van der Waals surface area contributed by atoms with Crippen LogP contribution in [0.4, 0.5) is 11.4 Å². The molecule has 0 saturated heterocycles. The number of carbonyl (C=O) groups excluding carboxylic acids is 1. The van der Waals surface area contributed by atoms with Gasteiger partial charge in [-0.25, -0.2) is 4.99 Å². The minimum atomic E-state index is -0.0857. The van der Waals surface area contributed by atoms with Crippen molar-refractivity contribution in [1.29, 1.82) is 0 Å². The molecule has 0 aliphatic rings. The summed E-state index contributed by atoms with van der Waals surface area (Å²) < 4.78 is 0. The van der Waals surface area contributed by atoms with Gasteiger partial charge in [-0.05, 0) is 12.1 Å². The third-order valence-electron chi connectivity index (χ3n) is 2.09. The zero-order valence-electron chi connectivity index (χ0n) is 9.90. The van der Waals surface area contributed by atoms with Crippen molar-refractivity contribution in [3.05, 3.63) is 24.3 Å². The number of carbonyl (C=O) groups is 1. The van der Waals surface area contributed by atoms with Crippen LogP contribution >= 0.6 is 11.6 Å². The van der Waals surface area contributed by atoms with E-state index in [-0.39, 0.29) is 17.7 Å². The number of nitrogens with one attached hydrogen (secondary N) is 1. The number of nitrogens with two attached hydrogens (primary N) is 1. The molecule has 92 valence electrons. The van der Waals surface area contributed by atoms with E-state index in [1.807, 2.05) is 26.0 Å². The number of hydrogen-bond donors (Lipinski definition) is 2. The maximum Gasteiger partial charge on any atom is 0.226 e. The van der Waals surface area contributed by atoms with Crippen LogP contribution in [0.2, 0.25) is 0 Å². The lowest BCUT2D eigenvalue weighted by Gasteiger charge is -2.10. The van der Waals surface area contributed by atoms with E-state index >= 15 is 0 Å². The Kier molecular flexibility index (Phi) is 4.97. The van der Waals surface area contributed by atoms with Crippen LogP contribution in [0.3, 0.4) is 0 Å². The normalized spacial score (nSPS) is 11.6. The molecular formula is C12H16ClN3O. The lowest BCUT2D eigenvalue weighted by molar-refractivity contribution is -0.118. The Labute approximate surface area is 106 Å². The Morgan fingerprint density at radius 2 is 2.12 bits per heavy atom. The van der Waals surface area contributed by atoms with Crippen LogP contribution in [0.5, 0.6) is 0 Å². The first-order valence-electron chi connectivity index (χ1n) is 5.33. The Bertz CT molecular complexity index is 430. The number of aliphatic imine (C=N–C) groups is 1. The van der Waals surface area contributed by atoms with Gasteiger partial charge >= 0.3 is 0 Å². The second-order valence-electron chi connectivity index (χ2n) is 3.90. The van der Waals surface area contributed by atoms with Gasteiger partial charge in [-0.3, -0.25) is 4.79 Å². The van der Waals surface area contributed by atoms with Gasteiger partial charge in [0.25, 0.3) is 0 Å². The van der Waals surface area contributed by atoms with Gasteiger partial charge in [0.1, 0.15) is 5.84 Å². The van der Waals surface area contributed by atoms with Crippen molar-refractivity contribution in [3.8, 4) is 0 Å². The lowest BCUT2D eigenvalue weighted by Crippen LogP contribution is -2.18. The third-order valence-corrected chi connectivity index (χ3v) is 2.36. The molecule has 17 heavy (non-hydrogen) atoms. The van der Waals surface area contributed by atoms with Crippen molar-refractivity contribution < 1.29 is 4.79 Å². The zero-order valence-corrected chi connectivity index (χ0v) is 10.7. The average Bonchev–Trinajstić information content (AvgIpc) is 2.31. The molecule has 1 aromatic carbocycles. The summed E-state index contributed by atoms with van der Waals surface area (Å²) >= 11 is 5.57. The number of para-hydroxylation sites is 2. The Morgan fingerprint density at radius 1 is 1.47 bits per heavy atom. The minimum absolute atomic E-state index is 0.0582. The standard InChI is InChI=1S/C12H16ClN3O/c1-8(2)12(17)16-10-6-4-3-5-9(10)15-11(14)7-13/h3-6,8H,7H2,1-2H3,(H2,14,15)(H,16,17). The summed E-state index contributed by atoms with van der Waals surface area (Å²) in [4.78, 5) is 15.7. The first kappa shape index (κ1) is 13.5. The van der Waals surface area contributed by atoms with Crippen LogP contribution in [0.15, 0.2) is 29.3 Å². The molecule has 0 fully saturated rings. The van der Waals surface area contributed by atoms with Crippen molar-refractivity contribution in [2.45, 2.75) is 13.8 Å². The minimum Gasteiger partial charge on any atom is -0.386 e. The highest BCUT2D eigenvalue weighted by molar-refractivity contribution is 6.28. The highest BCUT2D eigenvalue weighted by atomic mass is 35.5. The second-order valence-corrected chi connectivity index (χ2v) is 4.17. The predicted molar refractivity (Wildman–Crippen MR) is 71.9 cm³/mol. The highest BCUT2D eigenvalue weighted by Gasteiger charge is 2.09. The van der Waals surface area contributed by atoms with Gasteiger partial charge in [-0.2, -0.15) is 0 Å². The molecule has 0 radical (unpaired) electrons. The van der Waals surface area contributed by atoms with Crippen LogP contribution < -0.4 is 11.1 Å². The topological polar surface area (TPSA) is 67.5 Å². The number of halogens is 1. The van der Waals surface area contributed by atoms with E-state index in [4.69, 9.17) is 17.3 Å². The molecule has 4 nitrogen and oxygen atoms in total. The maximum atomic E-state index is 11.6. The maximum absolute atomic E-state index is 11.6. The zero-order chi connectivity index (χ0) is 12.8. The Balaban J connectivity index is 2.96. The van der Waals surface area contributed by atoms with E-state index in [2.05, 4.69) is 10.3 Å². The van der Waals surface area contributed by atoms with Crippen LogP contribution in [-0.2, 0) is 4.79 Å². The Hall–Kier alpha value is -1.55. The molecule has 5 heteroatoms. The molecular weight excluding hydrogens is 238 g/mol. The van der Waals surface area contributed by atoms with E-state index < -0.39 is 0 Å². The Morgan fingerprint density at radius 3 is 2.71 bits per heavy atom. The van der Waals surface area contributed by atoms with E-state index in [0.29, 0.717) is 17.2 Å². The molecule has 0 spiro atoms. The van der Waals surface area contributed by atoms with Gasteiger partial charge in [0, 0.05) is 5.92 Å². The summed E-state index contributed by atoms with van der Waals surface area (Å²) in [6.07, 6.45) is 0. The van der Waals surface area contributed by atoms with E-state index in [0.717, 1.165) is 0 Å². The van der Waals surface area contributed by atoms with Crippen molar-refractivity contribution in [1.82, 2.24) is 0 Å². The SMILES string of the molecule is CC(C)C(=O)Nc1ccccc1N=C(N)CCl. The van der Waals surface area contributed by atoms with Gasteiger partial charge in [0.05, 0.1) is 17.3 Å². The summed E-state index contributed by atoms with van der Waals surface area (Å²) in [5.74, 6) is 0.333. The fourth-order valence-corrected chi connectivity index (χ4v) is 1.20. The number of alkyl halides is 1. The molecule has 0 aliphatic carbocycles. The van der Waals surface area contributed by atoms with E-state index in [9.17, 15) is 4.79 Å². The molecule has 0 saturated carbocycles. The van der Waals surface area contributed by atoms with Crippen molar-refractivity contribution in [2.75, 3.05) is 11.2 Å². The van der Waals surface area contributed by atoms with Crippen LogP contribution in [0, 0.1) is 5.92 Å². The monoisotopic (exact) mass is 253 g/mol. The first-order valence-corrected chi connectivity index (χ1v) is 5.87. The molecule has 3 N–H and O–H groups in total. The van der Waals surface area contributed by atoms with E-state index in [1.54, 1.807) is 12.1 Å². The van der Waals surface area contributed by atoms with Crippen molar-refractivity contribution >= 4 is 34.7 Å². The number of rotatable bonds is 4. The van der Waals surface area contributed by atoms with Gasteiger partial charge in [0.2, 0.25) is 5.91 Å². The number of benzene rings is 1. The fraction of sp³-hybridized carbons (Fsp3) is 0.333. The van der Waals surface area contributed by atoms with Crippen molar-refractivity contribution in [3.63, 3.8) is 0 Å². The summed E-state index contributed by atoms with van der Waals surface area (Å²) in [6.45, 7) is 3.66. The van der Waals surface area contributed by atoms with Crippen LogP contribution in [0.25, 0.3) is 0 Å². The molecule has 0 atom stereocenters. The molecule has 0 aliphatic heterocycles. The van der Waals surface area contributed by atoms with Crippen LogP contribution in [-0.4, -0.2) is 17.6 Å². The first-order chi connectivity index (χ1) is 8.04. The number of anilines is 1. The second kappa shape index (κ2) is 6.25. The predicted octanol–water partition coefficient (Wildman–Crippen LogP) is 2.51. The van der Waals surface area contributed by atoms with Gasteiger partial charge < -0.3 is 11.1 Å². The lowest BCUT2D eigenvalue weighted by atomic mass is 10.2. The molecule has 1 aromatic rings. The molecule has 1 amide bonds. The molecule has 0 unspecified atom stereocenters. The third kappa shape index (κ3) is 4.07. The van der Waals surface area contributed by atoms with Crippen LogP contribution in [0.1, 0.15) is 13.8 Å². The van der Waals surface area contributed by atoms with E-state index in [1.165, 1.54) is 0 Å². The number of hydrogen-bond acceptors (Lipinski definition) is 2. The molecule has 0 aromatic heterocycles. The number of nitrogens with zero attached hydrogens (tertiary/aromatic N) is 1. The summed E-state index contributed by atoms with van der Waals surface area (Å²) in [7, 11) is 0. The van der Waals surface area contributed by atoms with Gasteiger partial charge in [-0.1, -0.05) is 26.0 Å². The largest absolute Gasteiger partial charge is 0.386 e. The fourth-order valence-electron chi connectivity index (χ4n) is 1.14. The average molecular weight is 254 g/mol. The number of amidine groups is 1. The highest BCUT2D eigenvalue weighted by Crippen LogP contribution is 2.24. The molecule has 0 heterocycles. The summed E-state index contributed by atoms with van der Waals surface area (Å²) in [5.41, 5.74) is 6.82. The summed E-state index contributed by atoms with van der Waals surface area (Å²) in [6, 6.07) is 7.20. The van der Waals surface area contributed by atoms with Gasteiger partial charge in [0.15, 0.2) is 0 Å². The number of amides is 1. The van der Waals surface area contributed by atoms with Crippen molar-refractivity contribution in [2.24, 2.45) is 16.6 Å². The molecule has 0 bridgehead atoms. The summed E-state index contributed by atoms with van der Waals surface area (Å²) in [5, 5.41) is 2.79.